The Bertz CT molecular complexity index is 2440. The fraction of sp³-hybridized carbons (Fsp3) is 0. The van der Waals surface area contributed by atoms with Crippen LogP contribution in [-0.4, -0.2) is 15.7 Å². The SMILES string of the molecule is C=C1/C(=N\c2cc(C#N)c(C#N)cc2N)c2cccc3c4nc5cc(C#N)c(C#N)cc5nc4c4cccc1c4c23. The largest absolute Gasteiger partial charge is 0.397 e. The molecule has 0 spiro atoms. The molecule has 1 aliphatic rings. The number of benzene rings is 5. The Hall–Kier alpha value is -6.61. The Labute approximate surface area is 232 Å². The Balaban J connectivity index is 1.61. The van der Waals surface area contributed by atoms with Gasteiger partial charge in [-0.1, -0.05) is 43.0 Å². The van der Waals surface area contributed by atoms with E-state index in [1.54, 1.807) is 12.1 Å². The fourth-order valence-corrected chi connectivity index (χ4v) is 5.58. The lowest BCUT2D eigenvalue weighted by Gasteiger charge is -2.23. The molecular formula is C33H14N8. The summed E-state index contributed by atoms with van der Waals surface area (Å²) in [6.07, 6.45) is 0. The number of fused-ring (bicyclic) bond motifs is 4. The summed E-state index contributed by atoms with van der Waals surface area (Å²) in [6, 6.07) is 26.1. The molecule has 0 aliphatic heterocycles. The van der Waals surface area contributed by atoms with Crippen molar-refractivity contribution in [2.45, 2.75) is 0 Å². The van der Waals surface area contributed by atoms with E-state index in [0.717, 1.165) is 32.7 Å². The zero-order chi connectivity index (χ0) is 28.4. The molecule has 6 aromatic rings. The molecule has 41 heavy (non-hydrogen) atoms. The van der Waals surface area contributed by atoms with Gasteiger partial charge >= 0.3 is 0 Å². The molecule has 0 bridgehead atoms. The van der Waals surface area contributed by atoms with Crippen LogP contribution in [0.2, 0.25) is 0 Å². The predicted octanol–water partition coefficient (Wildman–Crippen LogP) is 6.31. The van der Waals surface area contributed by atoms with Crippen molar-refractivity contribution in [2.75, 3.05) is 5.73 Å². The van der Waals surface area contributed by atoms with E-state index >= 15 is 0 Å². The van der Waals surface area contributed by atoms with Gasteiger partial charge in [-0.05, 0) is 29.8 Å². The minimum Gasteiger partial charge on any atom is -0.397 e. The second kappa shape index (κ2) is 8.45. The van der Waals surface area contributed by atoms with Crippen molar-refractivity contribution in [3.63, 3.8) is 0 Å². The van der Waals surface area contributed by atoms with Crippen LogP contribution in [0.25, 0.3) is 49.2 Å². The molecule has 186 valence electrons. The molecule has 5 aromatic carbocycles. The van der Waals surface area contributed by atoms with Crippen LogP contribution in [0.4, 0.5) is 11.4 Å². The molecule has 1 heterocycles. The molecule has 0 atom stereocenters. The maximum Gasteiger partial charge on any atom is 0.101 e. The second-order valence-electron chi connectivity index (χ2n) is 9.61. The van der Waals surface area contributed by atoms with E-state index in [9.17, 15) is 21.0 Å². The van der Waals surface area contributed by atoms with Gasteiger partial charge in [-0.15, -0.1) is 0 Å². The first-order chi connectivity index (χ1) is 20.0. The van der Waals surface area contributed by atoms with E-state index in [0.29, 0.717) is 39.0 Å². The number of nitrogen functional groups attached to an aromatic ring is 1. The number of nitriles is 4. The number of allylic oxidation sites excluding steroid dienone is 1. The molecule has 0 saturated carbocycles. The van der Waals surface area contributed by atoms with E-state index in [4.69, 9.17) is 20.7 Å². The third kappa shape index (κ3) is 3.20. The number of nitrogens with zero attached hydrogens (tertiary/aromatic N) is 7. The number of aromatic nitrogens is 2. The summed E-state index contributed by atoms with van der Waals surface area (Å²) in [4.78, 5) is 14.8. The number of aliphatic imine (C=N–C) groups is 1. The lowest BCUT2D eigenvalue weighted by Crippen LogP contribution is -2.11. The van der Waals surface area contributed by atoms with Gasteiger partial charge in [-0.25, -0.2) is 15.0 Å². The quantitative estimate of drug-likeness (QED) is 0.150. The number of hydrogen-bond donors (Lipinski definition) is 1. The number of anilines is 1. The van der Waals surface area contributed by atoms with Gasteiger partial charge in [-0.3, -0.25) is 0 Å². The zero-order valence-electron chi connectivity index (χ0n) is 21.2. The molecule has 8 nitrogen and oxygen atoms in total. The Morgan fingerprint density at radius 2 is 1.15 bits per heavy atom. The van der Waals surface area contributed by atoms with Crippen LogP contribution in [0.5, 0.6) is 0 Å². The van der Waals surface area contributed by atoms with Gasteiger partial charge in [-0.2, -0.15) is 21.0 Å². The Kier molecular flexibility index (Phi) is 4.84. The van der Waals surface area contributed by atoms with Crippen LogP contribution in [0.1, 0.15) is 33.4 Å². The molecule has 7 rings (SSSR count). The highest BCUT2D eigenvalue weighted by molar-refractivity contribution is 6.45. The molecule has 2 N–H and O–H groups in total. The molecule has 0 amide bonds. The number of rotatable bonds is 1. The highest BCUT2D eigenvalue weighted by Crippen LogP contribution is 2.44. The Morgan fingerprint density at radius 1 is 0.659 bits per heavy atom. The lowest BCUT2D eigenvalue weighted by molar-refractivity contribution is 1.38. The van der Waals surface area contributed by atoms with Crippen molar-refractivity contribution >= 4 is 66.3 Å². The maximum absolute atomic E-state index is 9.56. The van der Waals surface area contributed by atoms with Gasteiger partial charge in [0.05, 0.1) is 61.4 Å². The van der Waals surface area contributed by atoms with Crippen LogP contribution in [0, 0.1) is 45.3 Å². The van der Waals surface area contributed by atoms with Crippen LogP contribution in [0.15, 0.2) is 72.2 Å². The third-order valence-electron chi connectivity index (χ3n) is 7.44. The summed E-state index contributed by atoms with van der Waals surface area (Å²) in [5, 5.41) is 41.6. The highest BCUT2D eigenvalue weighted by atomic mass is 14.8. The van der Waals surface area contributed by atoms with E-state index in [1.807, 2.05) is 48.5 Å². The van der Waals surface area contributed by atoms with Crippen LogP contribution >= 0.6 is 0 Å². The average Bonchev–Trinajstić information content (AvgIpc) is 3.01. The Morgan fingerprint density at radius 3 is 1.71 bits per heavy atom. The van der Waals surface area contributed by atoms with Gasteiger partial charge < -0.3 is 5.73 Å². The van der Waals surface area contributed by atoms with Crippen molar-refractivity contribution in [3.05, 3.63) is 101 Å². The van der Waals surface area contributed by atoms with E-state index in [-0.39, 0.29) is 27.9 Å². The van der Waals surface area contributed by atoms with Crippen molar-refractivity contribution in [1.29, 1.82) is 21.0 Å². The summed E-state index contributed by atoms with van der Waals surface area (Å²) < 4.78 is 0. The van der Waals surface area contributed by atoms with Crippen molar-refractivity contribution in [2.24, 2.45) is 4.99 Å². The maximum atomic E-state index is 9.56. The first kappa shape index (κ1) is 23.5. The summed E-state index contributed by atoms with van der Waals surface area (Å²) >= 11 is 0. The highest BCUT2D eigenvalue weighted by Gasteiger charge is 2.26. The van der Waals surface area contributed by atoms with Gasteiger partial charge in [0, 0.05) is 32.7 Å². The van der Waals surface area contributed by atoms with Crippen molar-refractivity contribution in [1.82, 2.24) is 9.97 Å². The number of hydrogen-bond acceptors (Lipinski definition) is 8. The molecule has 0 saturated heterocycles. The van der Waals surface area contributed by atoms with E-state index in [2.05, 4.69) is 18.7 Å². The smallest absolute Gasteiger partial charge is 0.101 e. The zero-order valence-corrected chi connectivity index (χ0v) is 21.2. The van der Waals surface area contributed by atoms with Crippen molar-refractivity contribution < 1.29 is 0 Å². The molecule has 0 fully saturated rings. The normalized spacial score (nSPS) is 13.0. The fourth-order valence-electron chi connectivity index (χ4n) is 5.58. The molecule has 1 aromatic heterocycles. The van der Waals surface area contributed by atoms with Crippen LogP contribution < -0.4 is 5.73 Å². The molecule has 8 heteroatoms. The number of nitrogens with two attached hydrogens (primary N) is 1. The van der Waals surface area contributed by atoms with Gasteiger partial charge in [0.15, 0.2) is 0 Å². The minimum absolute atomic E-state index is 0.187. The first-order valence-electron chi connectivity index (χ1n) is 12.4. The van der Waals surface area contributed by atoms with Gasteiger partial charge in [0.25, 0.3) is 0 Å². The molecule has 1 aliphatic carbocycles. The minimum atomic E-state index is 0.187. The van der Waals surface area contributed by atoms with E-state index in [1.165, 1.54) is 12.1 Å². The average molecular weight is 523 g/mol. The predicted molar refractivity (Wildman–Crippen MR) is 157 cm³/mol. The molecule has 0 radical (unpaired) electrons. The van der Waals surface area contributed by atoms with Crippen molar-refractivity contribution in [3.8, 4) is 24.3 Å². The van der Waals surface area contributed by atoms with Crippen LogP contribution in [-0.2, 0) is 0 Å². The van der Waals surface area contributed by atoms with Gasteiger partial charge in [0.2, 0.25) is 0 Å². The standard InChI is InChI=1S/C33H14N8/c1-16-21-4-2-6-23-29(21)30-22(31(16)39-26-9-18(13-35)17(12-34)8-25(26)38)5-3-7-24(30)33-32(23)40-27-10-19(14-36)20(15-37)11-28(27)41-33/h2-11H,1,38H2/b39-31+. The van der Waals surface area contributed by atoms with Crippen LogP contribution in [0.3, 0.4) is 0 Å². The third-order valence-corrected chi connectivity index (χ3v) is 7.44. The second-order valence-corrected chi connectivity index (χ2v) is 9.61. The summed E-state index contributed by atoms with van der Waals surface area (Å²) in [7, 11) is 0. The van der Waals surface area contributed by atoms with Gasteiger partial charge in [0.1, 0.15) is 24.3 Å². The summed E-state index contributed by atoms with van der Waals surface area (Å²) in [5.41, 5.74) is 13.1. The monoisotopic (exact) mass is 522 g/mol. The van der Waals surface area contributed by atoms with E-state index < -0.39 is 0 Å². The topological polar surface area (TPSA) is 159 Å². The summed E-state index contributed by atoms with van der Waals surface area (Å²) in [5.74, 6) is 0. The first-order valence-corrected chi connectivity index (χ1v) is 12.4. The lowest BCUT2D eigenvalue weighted by atomic mass is 9.81. The molecular weight excluding hydrogens is 508 g/mol. The summed E-state index contributed by atoms with van der Waals surface area (Å²) in [6.45, 7) is 4.39. The molecule has 0 unspecified atom stereocenters.